The van der Waals surface area contributed by atoms with Crippen molar-refractivity contribution in [1.29, 1.82) is 0 Å². The molecule has 11 atom stereocenters. The fraction of sp³-hybridized carbons (Fsp3) is 0.542. The third-order valence-electron chi connectivity index (χ3n) is 14.9. The van der Waals surface area contributed by atoms with Gasteiger partial charge in [-0.2, -0.15) is 25.3 Å². The third-order valence-corrected chi connectivity index (χ3v) is 15.6. The number of nitrogens with one attached hydrogen (secondary N) is 9. The van der Waals surface area contributed by atoms with Crippen molar-refractivity contribution in [2.24, 2.45) is 27.9 Å². The van der Waals surface area contributed by atoms with Crippen LogP contribution in [0, 0.1) is 0 Å². The Balaban J connectivity index is 1.97. The van der Waals surface area contributed by atoms with Gasteiger partial charge < -0.3 is 106 Å². The number of thiol groups is 2. The van der Waals surface area contributed by atoms with Crippen LogP contribution >= 0.6 is 25.3 Å². The maximum absolute atomic E-state index is 14.8. The van der Waals surface area contributed by atoms with Crippen molar-refractivity contribution in [2.75, 3.05) is 37.7 Å². The van der Waals surface area contributed by atoms with E-state index in [9.17, 15) is 97.8 Å². The number of carbonyl (C=O) groups excluding carboxylic acids is 10. The van der Waals surface area contributed by atoms with E-state index < -0.39 is 212 Å². The number of aliphatic imine (C=N–C) groups is 1. The highest BCUT2D eigenvalue weighted by molar-refractivity contribution is 7.80. The number of nitrogens with two attached hydrogens (primary N) is 4. The van der Waals surface area contributed by atoms with E-state index in [0.29, 0.717) is 24.0 Å². The van der Waals surface area contributed by atoms with E-state index in [1.54, 1.807) is 30.3 Å². The summed E-state index contributed by atoms with van der Waals surface area (Å²) in [6.45, 7) is -0.731. The highest BCUT2D eigenvalue weighted by atomic mass is 32.1. The lowest BCUT2D eigenvalue weighted by Gasteiger charge is -2.29. The Morgan fingerprint density at radius 2 is 0.875 bits per heavy atom. The molecule has 0 aromatic heterocycles. The summed E-state index contributed by atoms with van der Waals surface area (Å²) >= 11 is 8.42. The van der Waals surface area contributed by atoms with E-state index in [-0.39, 0.29) is 69.9 Å². The third kappa shape index (κ3) is 28.7. The number of rotatable bonds is 44. The van der Waals surface area contributed by atoms with E-state index in [4.69, 9.17) is 22.9 Å². The second-order valence-electron chi connectivity index (χ2n) is 22.3. The number of benzene rings is 2. The number of hydrogen-bond acceptors (Lipinski definition) is 21. The van der Waals surface area contributed by atoms with Gasteiger partial charge in [-0.3, -0.25) is 67.3 Å². The number of hydrogen-bond donors (Lipinski definition) is 21. The van der Waals surface area contributed by atoms with Crippen LogP contribution in [0.25, 0.3) is 0 Å². The predicted molar refractivity (Wildman–Crippen MR) is 348 cm³/mol. The number of carboxylic acid groups (broad SMARTS) is 4. The predicted octanol–water partition coefficient (Wildman–Crippen LogP) is -5.43. The van der Waals surface area contributed by atoms with Crippen LogP contribution in [0.1, 0.15) is 94.6 Å². The molecule has 1 fully saturated rings. The van der Waals surface area contributed by atoms with Crippen LogP contribution in [0.5, 0.6) is 5.75 Å². The van der Waals surface area contributed by atoms with Gasteiger partial charge in [-0.1, -0.05) is 42.5 Å². The van der Waals surface area contributed by atoms with Crippen LogP contribution < -0.4 is 70.8 Å². The molecule has 2 aromatic carbocycles. The standard InChI is InChI=1S/C59H87N15O20S2/c60-23-5-4-10-35(49(84)69-39(19-22-47(81)82)57(92)74-25-7-12-44(74)58(93)94)67-55(90)42(29-95)73-56(91)43(30-96)72-52(87)38(18-21-46(79)80)68-53(88)41(27-32-13-15-33(76)16-14-32)71-54(89)40(26-31-8-2-1-3-9-31)70-50(85)36(11-6-24-64-59(62)63)66-51(86)37(17-20-45(77)78)65-48(83)34(61)28-75/h1-3,8-9,13-16,34-44,75-76,95-96H,4-7,10-12,17-30,60-61H2,(H,65,83)(H,66,86)(H,67,90)(H,68,88)(H,69,84)(H,70,85)(H,71,89)(H,72,87)(H,73,91)(H,77,78)(H,79,80)(H,81,82)(H,93,94)(H4,62,63,64)/t34-,35-,36-,37-,38-,39-,40-,41-,42-,43-,44-/m0/s1. The molecule has 10 amide bonds. The Labute approximate surface area is 562 Å². The molecule has 530 valence electrons. The molecule has 1 heterocycles. The van der Waals surface area contributed by atoms with Crippen LogP contribution in [0.2, 0.25) is 0 Å². The first kappa shape index (κ1) is 80.9. The average molecular weight is 1390 g/mol. The second kappa shape index (κ2) is 42.2. The van der Waals surface area contributed by atoms with E-state index in [1.165, 1.54) is 24.3 Å². The number of phenols is 1. The SMILES string of the molecule is NCCCC[C@H](NC(=O)[C@H](CS)NC(=O)[C@H](CS)NC(=O)[C@H](CCC(=O)O)NC(=O)[C@H](Cc1ccc(O)cc1)NC(=O)[C@H](Cc1ccccc1)NC(=O)[C@H](CCCN=C(N)N)NC(=O)[C@H](CCC(=O)O)NC(=O)[C@@H](N)CO)C(=O)N[C@@H](CCC(=O)O)C(=O)N1CCC[C@H]1C(=O)O. The van der Waals surface area contributed by atoms with Gasteiger partial charge in [-0.15, -0.1) is 0 Å². The van der Waals surface area contributed by atoms with Gasteiger partial charge in [0.05, 0.1) is 6.61 Å². The molecule has 3 rings (SSSR count). The van der Waals surface area contributed by atoms with Gasteiger partial charge in [-0.05, 0) is 94.0 Å². The summed E-state index contributed by atoms with van der Waals surface area (Å²) in [6.07, 6.45) is -3.56. The van der Waals surface area contributed by atoms with Gasteiger partial charge in [0.25, 0.3) is 0 Å². The lowest BCUT2D eigenvalue weighted by atomic mass is 10.0. The molecular weight excluding hydrogens is 1300 g/mol. The summed E-state index contributed by atoms with van der Waals surface area (Å²) in [6, 6.07) is -3.86. The largest absolute Gasteiger partial charge is 0.508 e. The molecule has 1 saturated heterocycles. The minimum Gasteiger partial charge on any atom is -0.508 e. The Kier molecular flexibility index (Phi) is 35.5. The summed E-state index contributed by atoms with van der Waals surface area (Å²) in [5.41, 5.74) is 23.0. The molecule has 23 N–H and O–H groups in total. The molecule has 37 heteroatoms. The minimum atomic E-state index is -1.81. The van der Waals surface area contributed by atoms with Crippen molar-refractivity contribution in [3.63, 3.8) is 0 Å². The summed E-state index contributed by atoms with van der Waals surface area (Å²) in [5.74, 6) is -17.2. The number of aliphatic carboxylic acids is 4. The maximum atomic E-state index is 14.8. The summed E-state index contributed by atoms with van der Waals surface area (Å²) in [7, 11) is 0. The fourth-order valence-electron chi connectivity index (χ4n) is 9.68. The van der Waals surface area contributed by atoms with Crippen molar-refractivity contribution in [1.82, 2.24) is 52.8 Å². The minimum absolute atomic E-state index is 0.0114. The lowest BCUT2D eigenvalue weighted by Crippen LogP contribution is -2.61. The molecule has 0 bridgehead atoms. The molecule has 35 nitrogen and oxygen atoms in total. The van der Waals surface area contributed by atoms with Crippen LogP contribution in [0.3, 0.4) is 0 Å². The zero-order chi connectivity index (χ0) is 71.6. The molecular formula is C59H87N15O20S2. The maximum Gasteiger partial charge on any atom is 0.326 e. The topological polar surface area (TPSA) is 588 Å². The smallest absolute Gasteiger partial charge is 0.326 e. The average Bonchev–Trinajstić information content (AvgIpc) is 1.48. The number of carboxylic acids is 4. The fourth-order valence-corrected chi connectivity index (χ4v) is 10.2. The first-order valence-electron chi connectivity index (χ1n) is 30.6. The number of aliphatic hydroxyl groups is 1. The van der Waals surface area contributed by atoms with Gasteiger partial charge in [0.2, 0.25) is 59.1 Å². The van der Waals surface area contributed by atoms with E-state index in [1.807, 2.05) is 0 Å². The van der Waals surface area contributed by atoms with Crippen molar-refractivity contribution in [3.05, 3.63) is 65.7 Å². The van der Waals surface area contributed by atoms with Gasteiger partial charge in [0.15, 0.2) is 5.96 Å². The molecule has 0 radical (unpaired) electrons. The van der Waals surface area contributed by atoms with E-state index in [2.05, 4.69) is 78.1 Å². The lowest BCUT2D eigenvalue weighted by molar-refractivity contribution is -0.150. The number of aromatic hydroxyl groups is 1. The number of unbranched alkanes of at least 4 members (excludes halogenated alkanes) is 1. The highest BCUT2D eigenvalue weighted by Gasteiger charge is 2.40. The molecule has 0 saturated carbocycles. The number of aliphatic hydroxyl groups excluding tert-OH is 1. The molecule has 2 aromatic rings. The van der Waals surface area contributed by atoms with E-state index in [0.717, 1.165) is 4.90 Å². The number of guanidine groups is 1. The molecule has 1 aliphatic heterocycles. The van der Waals surface area contributed by atoms with Gasteiger partial charge in [0.1, 0.15) is 72.2 Å². The van der Waals surface area contributed by atoms with Gasteiger partial charge in [-0.25, -0.2) is 4.79 Å². The zero-order valence-corrected chi connectivity index (χ0v) is 54.2. The number of phenolic OH excluding ortho intramolecular Hbond substituents is 1. The normalized spacial score (nSPS) is 15.7. The van der Waals surface area contributed by atoms with Crippen LogP contribution in [-0.4, -0.2) is 229 Å². The summed E-state index contributed by atoms with van der Waals surface area (Å²) in [5, 5.41) is 79.9. The van der Waals surface area contributed by atoms with Crippen molar-refractivity contribution < 1.29 is 97.8 Å². The number of likely N-dealkylation sites (tertiary alicyclic amines) is 1. The molecule has 0 spiro atoms. The highest BCUT2D eigenvalue weighted by Crippen LogP contribution is 2.21. The van der Waals surface area contributed by atoms with Crippen molar-refractivity contribution in [2.45, 2.75) is 163 Å². The zero-order valence-electron chi connectivity index (χ0n) is 52.4. The Bertz CT molecular complexity index is 3040. The Morgan fingerprint density at radius 3 is 1.29 bits per heavy atom. The number of nitrogens with zero attached hydrogens (tertiary/aromatic N) is 2. The van der Waals surface area contributed by atoms with Crippen molar-refractivity contribution in [3.8, 4) is 5.75 Å². The molecule has 0 unspecified atom stereocenters. The summed E-state index contributed by atoms with van der Waals surface area (Å²) in [4.78, 5) is 192. The second-order valence-corrected chi connectivity index (χ2v) is 23.1. The molecule has 0 aliphatic carbocycles. The van der Waals surface area contributed by atoms with E-state index >= 15 is 0 Å². The summed E-state index contributed by atoms with van der Waals surface area (Å²) < 4.78 is 0. The quantitative estimate of drug-likeness (QED) is 0.0127. The van der Waals surface area contributed by atoms with Gasteiger partial charge >= 0.3 is 23.9 Å². The number of carbonyl (C=O) groups is 14. The first-order valence-corrected chi connectivity index (χ1v) is 31.9. The monoisotopic (exact) mass is 1390 g/mol. The molecule has 1 aliphatic rings. The van der Waals surface area contributed by atoms with Gasteiger partial charge in [0, 0.05) is 56.7 Å². The van der Waals surface area contributed by atoms with Crippen LogP contribution in [0.15, 0.2) is 59.6 Å². The Morgan fingerprint density at radius 1 is 0.500 bits per heavy atom. The molecule has 96 heavy (non-hydrogen) atoms. The Hall–Kier alpha value is -9.33. The number of amides is 10. The first-order chi connectivity index (χ1) is 45.5. The van der Waals surface area contributed by atoms with Crippen LogP contribution in [0.4, 0.5) is 0 Å². The van der Waals surface area contributed by atoms with Crippen LogP contribution in [-0.2, 0) is 80.0 Å². The van der Waals surface area contributed by atoms with Crippen molar-refractivity contribution >= 4 is 114 Å².